The van der Waals surface area contributed by atoms with Crippen molar-refractivity contribution in [2.75, 3.05) is 66.8 Å². The number of benzene rings is 2. The van der Waals surface area contributed by atoms with Gasteiger partial charge in [-0.3, -0.25) is 9.97 Å². The number of hydrogen-bond donors (Lipinski definition) is 3. The normalized spacial score (nSPS) is 17.1. The van der Waals surface area contributed by atoms with Gasteiger partial charge in [0, 0.05) is 62.8 Å². The first-order valence-electron chi connectivity index (χ1n) is 13.8. The minimum Gasteiger partial charge on any atom is -0.494 e. The second-order valence-electron chi connectivity index (χ2n) is 11.1. The Bertz CT molecular complexity index is 1650. The van der Waals surface area contributed by atoms with Crippen LogP contribution in [-0.4, -0.2) is 75.6 Å². The van der Waals surface area contributed by atoms with Gasteiger partial charge in [0.25, 0.3) is 0 Å². The zero-order chi connectivity index (χ0) is 29.4. The van der Waals surface area contributed by atoms with E-state index >= 15 is 0 Å². The predicted molar refractivity (Wildman–Crippen MR) is 173 cm³/mol. The molecule has 13 heteroatoms. The molecule has 0 aliphatic carbocycles. The van der Waals surface area contributed by atoms with Crippen molar-refractivity contribution < 1.29 is 8.95 Å². The molecule has 1 spiro atoms. The molecule has 2 aromatic heterocycles. The highest BCUT2D eigenvalue weighted by Gasteiger charge is 2.43. The van der Waals surface area contributed by atoms with E-state index in [1.54, 1.807) is 32.0 Å². The third-order valence-corrected chi connectivity index (χ3v) is 9.10. The Morgan fingerprint density at radius 1 is 1.05 bits per heavy atom. The van der Waals surface area contributed by atoms with Crippen LogP contribution in [0.2, 0.25) is 0 Å². The number of nitrogens with one attached hydrogen (secondary N) is 3. The monoisotopic (exact) mass is 651 g/mol. The van der Waals surface area contributed by atoms with Gasteiger partial charge in [0.1, 0.15) is 28.1 Å². The van der Waals surface area contributed by atoms with Crippen LogP contribution in [-0.2, 0) is 11.0 Å². The van der Waals surface area contributed by atoms with Gasteiger partial charge in [-0.1, -0.05) is 0 Å². The number of halogens is 1. The molecule has 6 rings (SSSR count). The summed E-state index contributed by atoms with van der Waals surface area (Å²) in [6.07, 6.45) is 8.91. The Morgan fingerprint density at radius 2 is 1.81 bits per heavy atom. The van der Waals surface area contributed by atoms with E-state index in [1.165, 1.54) is 31.6 Å². The van der Waals surface area contributed by atoms with E-state index in [-0.39, 0.29) is 0 Å². The van der Waals surface area contributed by atoms with Crippen LogP contribution in [0.1, 0.15) is 18.4 Å². The lowest BCUT2D eigenvalue weighted by atomic mass is 9.72. The fraction of sp³-hybridized carbons (Fsp3) is 0.379. The van der Waals surface area contributed by atoms with Crippen molar-refractivity contribution in [1.82, 2.24) is 24.8 Å². The van der Waals surface area contributed by atoms with E-state index in [2.05, 4.69) is 82.1 Å². The fourth-order valence-electron chi connectivity index (χ4n) is 6.07. The molecule has 2 fully saturated rings. The number of piperidine rings is 1. The molecule has 1 atom stereocenters. The second-order valence-corrected chi connectivity index (χ2v) is 13.1. The smallest absolute Gasteiger partial charge is 0.229 e. The summed E-state index contributed by atoms with van der Waals surface area (Å²) in [5.41, 5.74) is 6.16. The first kappa shape index (κ1) is 28.6. The molecule has 0 saturated carbocycles. The van der Waals surface area contributed by atoms with E-state index in [0.717, 1.165) is 30.1 Å². The quantitative estimate of drug-likeness (QED) is 0.234. The average Bonchev–Trinajstić information content (AvgIpc) is 2.96. The first-order valence-corrected chi connectivity index (χ1v) is 16.1. The molecule has 1 unspecified atom stereocenters. The molecule has 11 nitrogen and oxygen atoms in total. The van der Waals surface area contributed by atoms with Gasteiger partial charge < -0.3 is 29.9 Å². The number of methoxy groups -OCH3 is 1. The highest BCUT2D eigenvalue weighted by Crippen LogP contribution is 2.43. The summed E-state index contributed by atoms with van der Waals surface area (Å²) in [7, 11) is 2.56. The zero-order valence-electron chi connectivity index (χ0n) is 24.1. The van der Waals surface area contributed by atoms with Crippen molar-refractivity contribution in [1.29, 1.82) is 0 Å². The van der Waals surface area contributed by atoms with Crippen LogP contribution in [0, 0.1) is 12.3 Å². The lowest BCUT2D eigenvalue weighted by Gasteiger charge is -2.53. The van der Waals surface area contributed by atoms with Gasteiger partial charge in [-0.25, -0.2) is 9.19 Å². The summed E-state index contributed by atoms with van der Waals surface area (Å²) in [5.74, 6) is 1.65. The summed E-state index contributed by atoms with van der Waals surface area (Å²) in [6, 6.07) is 7.91. The van der Waals surface area contributed by atoms with Crippen LogP contribution in [0.4, 0.5) is 34.5 Å². The molecule has 0 bridgehead atoms. The molecule has 220 valence electrons. The molecule has 0 amide bonds. The minimum absolute atomic E-state index is 0.398. The Kier molecular flexibility index (Phi) is 7.90. The summed E-state index contributed by atoms with van der Waals surface area (Å²) in [5, 5.41) is 6.67. The largest absolute Gasteiger partial charge is 0.494 e. The van der Waals surface area contributed by atoms with Crippen LogP contribution in [0.15, 0.2) is 47.3 Å². The molecule has 2 aromatic carbocycles. The lowest BCUT2D eigenvalue weighted by Crippen LogP contribution is -2.58. The van der Waals surface area contributed by atoms with Crippen LogP contribution < -0.4 is 25.0 Å². The zero-order valence-corrected chi connectivity index (χ0v) is 26.5. The molecule has 4 heterocycles. The van der Waals surface area contributed by atoms with Crippen molar-refractivity contribution in [3.63, 3.8) is 0 Å². The summed E-state index contributed by atoms with van der Waals surface area (Å²) in [6.45, 7) is 6.66. The van der Waals surface area contributed by atoms with Crippen LogP contribution in [0.5, 0.6) is 5.75 Å². The van der Waals surface area contributed by atoms with Gasteiger partial charge in [-0.05, 0) is 71.9 Å². The van der Waals surface area contributed by atoms with E-state index in [1.807, 2.05) is 12.1 Å². The van der Waals surface area contributed by atoms with E-state index in [9.17, 15) is 4.21 Å². The maximum Gasteiger partial charge on any atom is 0.229 e. The molecule has 2 saturated heterocycles. The Hall–Kier alpha value is -3.55. The van der Waals surface area contributed by atoms with Gasteiger partial charge in [-0.15, -0.1) is 0 Å². The summed E-state index contributed by atoms with van der Waals surface area (Å²) >= 11 is 3.56. The predicted octanol–water partition coefficient (Wildman–Crippen LogP) is 5.22. The van der Waals surface area contributed by atoms with E-state index < -0.39 is 11.0 Å². The second kappa shape index (κ2) is 11.6. The fourth-order valence-corrected chi connectivity index (χ4v) is 6.86. The standard InChI is InChI=1S/C29H34BrN9O2S/c1-18-13-22(24(41-3)14-23(18)39-11-7-29(8-12-39)16-38(2)17-29)35-28-33-15-19(30)27(36-28)34-21-6-5-20-25(32-10-9-31-20)26(21)37-42(4)40/h5-6,9-10,13-15,37H,7-8,11-12,16-17H2,1-4H3,(H2,33,34,35,36). The maximum atomic E-state index is 12.1. The van der Waals surface area contributed by atoms with Gasteiger partial charge in [0.05, 0.1) is 34.2 Å². The van der Waals surface area contributed by atoms with Crippen LogP contribution >= 0.6 is 15.9 Å². The van der Waals surface area contributed by atoms with Crippen molar-refractivity contribution >= 4 is 72.5 Å². The van der Waals surface area contributed by atoms with Gasteiger partial charge >= 0.3 is 0 Å². The minimum atomic E-state index is -1.32. The average molecular weight is 653 g/mol. The van der Waals surface area contributed by atoms with E-state index in [4.69, 9.17) is 9.72 Å². The van der Waals surface area contributed by atoms with E-state index in [0.29, 0.717) is 44.1 Å². The van der Waals surface area contributed by atoms with Crippen molar-refractivity contribution in [2.45, 2.75) is 19.8 Å². The van der Waals surface area contributed by atoms with Gasteiger partial charge in [0.2, 0.25) is 5.95 Å². The number of hydrogen-bond acceptors (Lipinski definition) is 10. The van der Waals surface area contributed by atoms with Crippen molar-refractivity contribution in [2.24, 2.45) is 5.41 Å². The van der Waals surface area contributed by atoms with Gasteiger partial charge in [-0.2, -0.15) is 4.98 Å². The number of aromatic nitrogens is 4. The van der Waals surface area contributed by atoms with Gasteiger partial charge in [0.15, 0.2) is 0 Å². The number of likely N-dealkylation sites (tertiary alicyclic amines) is 1. The Morgan fingerprint density at radius 3 is 2.52 bits per heavy atom. The highest BCUT2D eigenvalue weighted by atomic mass is 79.9. The summed E-state index contributed by atoms with van der Waals surface area (Å²) < 4.78 is 21.6. The Labute approximate surface area is 256 Å². The number of anilines is 6. The third kappa shape index (κ3) is 5.72. The molecule has 0 radical (unpaired) electrons. The lowest BCUT2D eigenvalue weighted by molar-refractivity contribution is 0.00130. The maximum absolute atomic E-state index is 12.1. The molecule has 2 aliphatic heterocycles. The van der Waals surface area contributed by atoms with Crippen LogP contribution in [0.25, 0.3) is 11.0 Å². The molecular weight excluding hydrogens is 618 g/mol. The highest BCUT2D eigenvalue weighted by molar-refractivity contribution is 9.10. The third-order valence-electron chi connectivity index (χ3n) is 8.02. The number of fused-ring (bicyclic) bond motifs is 1. The topological polar surface area (TPSA) is 120 Å². The Balaban J connectivity index is 1.24. The van der Waals surface area contributed by atoms with Crippen molar-refractivity contribution in [3.05, 3.63) is 52.9 Å². The molecular formula is C29H34BrN9O2S. The SMILES string of the molecule is COc1cc(N2CCC3(CC2)CN(C)C3)c(C)cc1Nc1ncc(Br)c(Nc2ccc3nccnc3c2NS(C)=O)n1. The number of nitrogens with zero attached hydrogens (tertiary/aromatic N) is 6. The first-order chi connectivity index (χ1) is 20.2. The van der Waals surface area contributed by atoms with Crippen molar-refractivity contribution in [3.8, 4) is 5.75 Å². The molecule has 42 heavy (non-hydrogen) atoms. The molecule has 4 aromatic rings. The van der Waals surface area contributed by atoms with Crippen LogP contribution in [0.3, 0.4) is 0 Å². The molecule has 3 N–H and O–H groups in total. The molecule has 2 aliphatic rings. The number of ether oxygens (including phenoxy) is 1. The number of aryl methyl sites for hydroxylation is 1. The summed E-state index contributed by atoms with van der Waals surface area (Å²) in [4.78, 5) is 22.9. The number of rotatable bonds is 8.